The van der Waals surface area contributed by atoms with Gasteiger partial charge in [0.1, 0.15) is 23.7 Å². The van der Waals surface area contributed by atoms with Crippen LogP contribution in [-0.4, -0.2) is 28.3 Å². The van der Waals surface area contributed by atoms with Gasteiger partial charge < -0.3 is 10.1 Å². The Morgan fingerprint density at radius 1 is 0.844 bits per heavy atom. The minimum Gasteiger partial charge on any atom is -0.497 e. The fraction of sp³-hybridized carbons (Fsp3) is 0.154. The molecule has 1 N–H and O–H groups in total. The van der Waals surface area contributed by atoms with E-state index in [4.69, 9.17) is 9.72 Å². The lowest BCUT2D eigenvalue weighted by Crippen LogP contribution is -2.09. The molecular formula is C26H24N4O2. The molecule has 32 heavy (non-hydrogen) atoms. The minimum atomic E-state index is 0.489. The lowest BCUT2D eigenvalue weighted by Gasteiger charge is -2.10. The first-order chi connectivity index (χ1) is 15.6. The third-order valence-electron chi connectivity index (χ3n) is 4.98. The maximum atomic E-state index is 11.1. The molecular weight excluding hydrogens is 400 g/mol. The number of methoxy groups -OCH3 is 1. The maximum Gasteiger partial charge on any atom is 0.230 e. The Morgan fingerprint density at radius 3 is 2.16 bits per heavy atom. The quantitative estimate of drug-likeness (QED) is 0.404. The van der Waals surface area contributed by atoms with Gasteiger partial charge in [0.05, 0.1) is 7.11 Å². The lowest BCUT2D eigenvalue weighted by atomic mass is 10.1. The first-order valence-electron chi connectivity index (χ1n) is 10.4. The molecule has 4 rings (SSSR count). The van der Waals surface area contributed by atoms with Gasteiger partial charge in [-0.15, -0.1) is 0 Å². The number of aromatic nitrogens is 3. The maximum absolute atomic E-state index is 11.1. The van der Waals surface area contributed by atoms with Gasteiger partial charge in [-0.3, -0.25) is 4.79 Å². The Kier molecular flexibility index (Phi) is 6.51. The van der Waals surface area contributed by atoms with Crippen molar-refractivity contribution in [2.24, 2.45) is 0 Å². The van der Waals surface area contributed by atoms with Gasteiger partial charge in [0.25, 0.3) is 0 Å². The van der Waals surface area contributed by atoms with Crippen molar-refractivity contribution in [2.75, 3.05) is 12.4 Å². The van der Waals surface area contributed by atoms with Crippen LogP contribution in [0.4, 0.5) is 11.6 Å². The second-order valence-electron chi connectivity index (χ2n) is 7.55. The average Bonchev–Trinajstić information content (AvgIpc) is 2.81. The molecule has 0 saturated carbocycles. The van der Waals surface area contributed by atoms with E-state index in [2.05, 4.69) is 15.3 Å². The Labute approximate surface area is 187 Å². The molecule has 160 valence electrons. The van der Waals surface area contributed by atoms with Crippen LogP contribution in [0.15, 0.2) is 72.8 Å². The fourth-order valence-electron chi connectivity index (χ4n) is 3.37. The predicted octanol–water partition coefficient (Wildman–Crippen LogP) is 4.93. The number of benzene rings is 3. The van der Waals surface area contributed by atoms with Crippen LogP contribution >= 0.6 is 0 Å². The van der Waals surface area contributed by atoms with Gasteiger partial charge in [-0.25, -0.2) is 4.98 Å². The number of hydrogen-bond donors (Lipinski definition) is 1. The van der Waals surface area contributed by atoms with Crippen molar-refractivity contribution in [3.05, 3.63) is 107 Å². The molecule has 1 aromatic heterocycles. The number of carbonyl (C=O) groups excluding carboxylic acids is 1. The van der Waals surface area contributed by atoms with Crippen molar-refractivity contribution >= 4 is 17.9 Å². The van der Waals surface area contributed by atoms with E-state index < -0.39 is 0 Å². The summed E-state index contributed by atoms with van der Waals surface area (Å²) >= 11 is 0. The Bertz CT molecular complexity index is 1220. The molecule has 1 heterocycles. The second kappa shape index (κ2) is 9.83. The molecule has 0 radical (unpaired) electrons. The van der Waals surface area contributed by atoms with Crippen LogP contribution in [0.2, 0.25) is 0 Å². The summed E-state index contributed by atoms with van der Waals surface area (Å²) in [5.41, 5.74) is 4.73. The summed E-state index contributed by atoms with van der Waals surface area (Å²) in [4.78, 5) is 25.1. The fourth-order valence-corrected chi connectivity index (χ4v) is 3.37. The van der Waals surface area contributed by atoms with E-state index in [9.17, 15) is 4.79 Å². The number of nitrogens with zero attached hydrogens (tertiary/aromatic N) is 3. The van der Waals surface area contributed by atoms with E-state index in [-0.39, 0.29) is 0 Å². The summed E-state index contributed by atoms with van der Waals surface area (Å²) in [6.45, 7) is 2.05. The predicted molar refractivity (Wildman–Crippen MR) is 125 cm³/mol. The highest BCUT2D eigenvalue weighted by Gasteiger charge is 2.10. The lowest BCUT2D eigenvalue weighted by molar-refractivity contribution is 0.112. The molecule has 0 spiro atoms. The molecule has 0 saturated heterocycles. The van der Waals surface area contributed by atoms with E-state index in [0.29, 0.717) is 36.0 Å². The Morgan fingerprint density at radius 2 is 1.50 bits per heavy atom. The van der Waals surface area contributed by atoms with Gasteiger partial charge in [0, 0.05) is 24.1 Å². The first-order valence-corrected chi connectivity index (χ1v) is 10.4. The van der Waals surface area contributed by atoms with E-state index in [1.165, 1.54) is 5.56 Å². The van der Waals surface area contributed by atoms with Gasteiger partial charge in [0.2, 0.25) is 5.95 Å². The standard InChI is InChI=1S/C26H24N4O2/c1-18-9-11-22(12-10-18)27-26-29-24(15-19-5-3-7-21(13-19)17-31)28-25(30-26)16-20-6-4-8-23(14-20)32-2/h3-14,17H,15-16H2,1-2H3,(H,27,28,29,30). The first kappa shape index (κ1) is 21.2. The molecule has 0 unspecified atom stereocenters. The van der Waals surface area contributed by atoms with Gasteiger partial charge in [-0.1, -0.05) is 48.0 Å². The highest BCUT2D eigenvalue weighted by molar-refractivity contribution is 5.74. The van der Waals surface area contributed by atoms with Crippen molar-refractivity contribution in [3.8, 4) is 5.75 Å². The number of aldehydes is 1. The molecule has 4 aromatic rings. The third-order valence-corrected chi connectivity index (χ3v) is 4.98. The highest BCUT2D eigenvalue weighted by atomic mass is 16.5. The number of aryl methyl sites for hydroxylation is 1. The molecule has 0 fully saturated rings. The van der Waals surface area contributed by atoms with E-state index in [1.807, 2.05) is 73.7 Å². The SMILES string of the molecule is COc1cccc(Cc2nc(Cc3cccc(C=O)c3)nc(Nc3ccc(C)cc3)n2)c1. The number of rotatable bonds is 8. The second-order valence-corrected chi connectivity index (χ2v) is 7.55. The Balaban J connectivity index is 1.66. The zero-order valence-electron chi connectivity index (χ0n) is 18.1. The molecule has 3 aromatic carbocycles. The van der Waals surface area contributed by atoms with E-state index >= 15 is 0 Å². The van der Waals surface area contributed by atoms with Crippen LogP contribution in [0.5, 0.6) is 5.75 Å². The van der Waals surface area contributed by atoms with Crippen LogP contribution in [0.3, 0.4) is 0 Å². The molecule has 6 nitrogen and oxygen atoms in total. The smallest absolute Gasteiger partial charge is 0.230 e. The van der Waals surface area contributed by atoms with Crippen molar-refractivity contribution in [3.63, 3.8) is 0 Å². The summed E-state index contributed by atoms with van der Waals surface area (Å²) in [6, 6.07) is 23.4. The van der Waals surface area contributed by atoms with Crippen LogP contribution in [0.25, 0.3) is 0 Å². The molecule has 0 aliphatic carbocycles. The van der Waals surface area contributed by atoms with E-state index in [1.54, 1.807) is 13.2 Å². The number of hydrogen-bond acceptors (Lipinski definition) is 6. The minimum absolute atomic E-state index is 0.489. The van der Waals surface area contributed by atoms with Gasteiger partial charge in [-0.2, -0.15) is 9.97 Å². The van der Waals surface area contributed by atoms with Gasteiger partial charge in [0.15, 0.2) is 0 Å². The molecule has 0 aliphatic heterocycles. The molecule has 0 bridgehead atoms. The van der Waals surface area contributed by atoms with Crippen LogP contribution < -0.4 is 10.1 Å². The van der Waals surface area contributed by atoms with Crippen molar-refractivity contribution in [1.82, 2.24) is 15.0 Å². The summed E-state index contributed by atoms with van der Waals surface area (Å²) < 4.78 is 5.34. The average molecular weight is 425 g/mol. The van der Waals surface area contributed by atoms with Gasteiger partial charge in [-0.05, 0) is 48.4 Å². The molecule has 0 aliphatic rings. The largest absolute Gasteiger partial charge is 0.497 e. The zero-order valence-corrected chi connectivity index (χ0v) is 18.1. The summed E-state index contributed by atoms with van der Waals surface area (Å²) in [5, 5.41) is 3.29. The van der Waals surface area contributed by atoms with Crippen molar-refractivity contribution in [2.45, 2.75) is 19.8 Å². The summed E-state index contributed by atoms with van der Waals surface area (Å²) in [7, 11) is 1.65. The molecule has 0 amide bonds. The van der Waals surface area contributed by atoms with Crippen LogP contribution in [-0.2, 0) is 12.8 Å². The normalized spacial score (nSPS) is 10.6. The topological polar surface area (TPSA) is 77.0 Å². The number of nitrogens with one attached hydrogen (secondary N) is 1. The number of carbonyl (C=O) groups is 1. The van der Waals surface area contributed by atoms with Crippen molar-refractivity contribution in [1.29, 1.82) is 0 Å². The number of ether oxygens (including phenoxy) is 1. The van der Waals surface area contributed by atoms with Crippen LogP contribution in [0.1, 0.15) is 38.7 Å². The molecule has 0 atom stereocenters. The highest BCUT2D eigenvalue weighted by Crippen LogP contribution is 2.18. The van der Waals surface area contributed by atoms with Gasteiger partial charge >= 0.3 is 0 Å². The zero-order chi connectivity index (χ0) is 22.3. The summed E-state index contributed by atoms with van der Waals surface area (Å²) in [6.07, 6.45) is 1.89. The Hall–Kier alpha value is -4.06. The van der Waals surface area contributed by atoms with Crippen molar-refractivity contribution < 1.29 is 9.53 Å². The molecule has 6 heteroatoms. The summed E-state index contributed by atoms with van der Waals surface area (Å²) in [5.74, 6) is 2.57. The number of anilines is 2. The van der Waals surface area contributed by atoms with E-state index in [0.717, 1.165) is 28.8 Å². The monoisotopic (exact) mass is 424 g/mol. The van der Waals surface area contributed by atoms with Crippen LogP contribution in [0, 0.1) is 6.92 Å². The third kappa shape index (κ3) is 5.55.